The second-order valence-corrected chi connectivity index (χ2v) is 6.10. The zero-order chi connectivity index (χ0) is 15.6. The number of nitrogens with two attached hydrogens (primary N) is 1. The van der Waals surface area contributed by atoms with Gasteiger partial charge in [-0.25, -0.2) is 0 Å². The Labute approximate surface area is 135 Å². The third kappa shape index (κ3) is 2.66. The number of nitrogens with zero attached hydrogens (tertiary/aromatic N) is 3. The molecular weight excluding hydrogens is 284 g/mol. The monoisotopic (exact) mass is 304 g/mol. The lowest BCUT2D eigenvalue weighted by Gasteiger charge is -2.33. The van der Waals surface area contributed by atoms with Gasteiger partial charge in [-0.2, -0.15) is 0 Å². The SMILES string of the molecule is NC1CCN(c2c(-c3ccccc3)nnc3ccccc23)CC1. The molecule has 4 rings (SSSR count). The molecule has 1 aliphatic heterocycles. The molecule has 0 bridgehead atoms. The molecule has 0 radical (unpaired) electrons. The van der Waals surface area contributed by atoms with Crippen molar-refractivity contribution in [3.05, 3.63) is 54.6 Å². The summed E-state index contributed by atoms with van der Waals surface area (Å²) in [5, 5.41) is 10.1. The van der Waals surface area contributed by atoms with Gasteiger partial charge in [-0.3, -0.25) is 0 Å². The van der Waals surface area contributed by atoms with Gasteiger partial charge in [0.2, 0.25) is 0 Å². The minimum absolute atomic E-state index is 0.312. The standard InChI is InChI=1S/C19H20N4/c20-15-10-12-23(13-11-15)19-16-8-4-5-9-17(16)21-22-18(19)14-6-2-1-3-7-14/h1-9,15H,10-13,20H2. The third-order valence-electron chi connectivity index (χ3n) is 4.54. The molecule has 0 spiro atoms. The summed E-state index contributed by atoms with van der Waals surface area (Å²) in [6, 6.07) is 18.9. The minimum Gasteiger partial charge on any atom is -0.369 e. The molecular formula is C19H20N4. The predicted octanol–water partition coefficient (Wildman–Crippen LogP) is 3.22. The fourth-order valence-electron chi connectivity index (χ4n) is 3.27. The maximum absolute atomic E-state index is 6.08. The van der Waals surface area contributed by atoms with E-state index in [2.05, 4.69) is 39.4 Å². The van der Waals surface area contributed by atoms with Crippen LogP contribution in [0.5, 0.6) is 0 Å². The number of benzene rings is 2. The molecule has 4 nitrogen and oxygen atoms in total. The first-order chi connectivity index (χ1) is 11.3. The molecule has 0 atom stereocenters. The van der Waals surface area contributed by atoms with Gasteiger partial charge >= 0.3 is 0 Å². The molecule has 0 saturated carbocycles. The van der Waals surface area contributed by atoms with E-state index in [9.17, 15) is 0 Å². The number of rotatable bonds is 2. The van der Waals surface area contributed by atoms with E-state index in [1.165, 1.54) is 5.69 Å². The van der Waals surface area contributed by atoms with Gasteiger partial charge in [0.05, 0.1) is 11.2 Å². The highest BCUT2D eigenvalue weighted by Crippen LogP contribution is 2.35. The summed E-state index contributed by atoms with van der Waals surface area (Å²) in [4.78, 5) is 2.42. The van der Waals surface area contributed by atoms with Crippen molar-refractivity contribution in [1.29, 1.82) is 0 Å². The smallest absolute Gasteiger partial charge is 0.117 e. The molecule has 1 saturated heterocycles. The van der Waals surface area contributed by atoms with Crippen molar-refractivity contribution in [3.63, 3.8) is 0 Å². The Morgan fingerprint density at radius 3 is 2.35 bits per heavy atom. The second-order valence-electron chi connectivity index (χ2n) is 6.10. The van der Waals surface area contributed by atoms with Gasteiger partial charge in [0.1, 0.15) is 5.69 Å². The fourth-order valence-corrected chi connectivity index (χ4v) is 3.27. The normalized spacial score (nSPS) is 16.0. The molecule has 4 heteroatoms. The molecule has 1 aliphatic rings. The van der Waals surface area contributed by atoms with E-state index in [1.54, 1.807) is 0 Å². The molecule has 116 valence electrons. The van der Waals surface area contributed by atoms with Crippen LogP contribution in [0.2, 0.25) is 0 Å². The van der Waals surface area contributed by atoms with E-state index >= 15 is 0 Å². The van der Waals surface area contributed by atoms with Gasteiger partial charge in [-0.05, 0) is 18.9 Å². The number of fused-ring (bicyclic) bond motifs is 1. The number of hydrogen-bond donors (Lipinski definition) is 1. The highest BCUT2D eigenvalue weighted by Gasteiger charge is 2.22. The van der Waals surface area contributed by atoms with Crippen molar-refractivity contribution in [2.24, 2.45) is 5.73 Å². The van der Waals surface area contributed by atoms with E-state index in [4.69, 9.17) is 5.73 Å². The van der Waals surface area contributed by atoms with E-state index in [0.29, 0.717) is 6.04 Å². The Hall–Kier alpha value is -2.46. The van der Waals surface area contributed by atoms with Crippen LogP contribution in [0.25, 0.3) is 22.2 Å². The molecule has 2 N–H and O–H groups in total. The van der Waals surface area contributed by atoms with Crippen LogP contribution >= 0.6 is 0 Å². The summed E-state index contributed by atoms with van der Waals surface area (Å²) in [6.07, 6.45) is 2.04. The first kappa shape index (κ1) is 14.2. The van der Waals surface area contributed by atoms with Crippen molar-refractivity contribution in [2.45, 2.75) is 18.9 Å². The highest BCUT2D eigenvalue weighted by atomic mass is 15.2. The zero-order valence-electron chi connectivity index (χ0n) is 13.0. The molecule has 1 aromatic heterocycles. The Bertz CT molecular complexity index is 808. The molecule has 23 heavy (non-hydrogen) atoms. The average Bonchev–Trinajstić information content (AvgIpc) is 2.62. The number of piperidine rings is 1. The van der Waals surface area contributed by atoms with Gasteiger partial charge in [-0.15, -0.1) is 10.2 Å². The fraction of sp³-hybridized carbons (Fsp3) is 0.263. The van der Waals surface area contributed by atoms with Gasteiger partial charge in [-0.1, -0.05) is 48.5 Å². The molecule has 2 heterocycles. The van der Waals surface area contributed by atoms with Crippen LogP contribution in [0.4, 0.5) is 5.69 Å². The van der Waals surface area contributed by atoms with Crippen LogP contribution in [0.3, 0.4) is 0 Å². The van der Waals surface area contributed by atoms with Crippen LogP contribution in [0, 0.1) is 0 Å². The summed E-state index contributed by atoms with van der Waals surface area (Å²) >= 11 is 0. The summed E-state index contributed by atoms with van der Waals surface area (Å²) in [6.45, 7) is 1.94. The Morgan fingerprint density at radius 2 is 1.57 bits per heavy atom. The average molecular weight is 304 g/mol. The van der Waals surface area contributed by atoms with Crippen molar-refractivity contribution in [2.75, 3.05) is 18.0 Å². The van der Waals surface area contributed by atoms with E-state index in [0.717, 1.165) is 48.1 Å². The van der Waals surface area contributed by atoms with Gasteiger partial charge < -0.3 is 10.6 Å². The molecule has 3 aromatic rings. The topological polar surface area (TPSA) is 55.0 Å². The quantitative estimate of drug-likeness (QED) is 0.790. The first-order valence-electron chi connectivity index (χ1n) is 8.14. The summed E-state index contributed by atoms with van der Waals surface area (Å²) in [5.41, 5.74) is 10.3. The maximum atomic E-state index is 6.08. The van der Waals surface area contributed by atoms with Crippen LogP contribution in [-0.2, 0) is 0 Å². The lowest BCUT2D eigenvalue weighted by Crippen LogP contribution is -2.40. The molecule has 0 amide bonds. The van der Waals surface area contributed by atoms with Gasteiger partial charge in [0, 0.05) is 30.1 Å². The number of aromatic nitrogens is 2. The summed E-state index contributed by atoms with van der Waals surface area (Å²) in [7, 11) is 0. The van der Waals surface area contributed by atoms with E-state index in [1.807, 2.05) is 30.3 Å². The van der Waals surface area contributed by atoms with Crippen LogP contribution in [0.1, 0.15) is 12.8 Å². The first-order valence-corrected chi connectivity index (χ1v) is 8.14. The summed E-state index contributed by atoms with van der Waals surface area (Å²) in [5.74, 6) is 0. The van der Waals surface area contributed by atoms with Crippen molar-refractivity contribution < 1.29 is 0 Å². The van der Waals surface area contributed by atoms with Crippen LogP contribution < -0.4 is 10.6 Å². The molecule has 0 aliphatic carbocycles. The number of hydrogen-bond acceptors (Lipinski definition) is 4. The van der Waals surface area contributed by atoms with Crippen molar-refractivity contribution in [3.8, 4) is 11.3 Å². The number of anilines is 1. The van der Waals surface area contributed by atoms with Crippen LogP contribution in [-0.4, -0.2) is 29.3 Å². The van der Waals surface area contributed by atoms with Crippen molar-refractivity contribution in [1.82, 2.24) is 10.2 Å². The molecule has 1 fully saturated rings. The lowest BCUT2D eigenvalue weighted by atomic mass is 10.0. The van der Waals surface area contributed by atoms with Gasteiger partial charge in [0.25, 0.3) is 0 Å². The van der Waals surface area contributed by atoms with Gasteiger partial charge in [0.15, 0.2) is 0 Å². The third-order valence-corrected chi connectivity index (χ3v) is 4.54. The molecule has 2 aromatic carbocycles. The zero-order valence-corrected chi connectivity index (χ0v) is 13.0. The van der Waals surface area contributed by atoms with E-state index in [-0.39, 0.29) is 0 Å². The predicted molar refractivity (Wildman–Crippen MR) is 94.4 cm³/mol. The Morgan fingerprint density at radius 1 is 0.870 bits per heavy atom. The van der Waals surface area contributed by atoms with Crippen LogP contribution in [0.15, 0.2) is 54.6 Å². The van der Waals surface area contributed by atoms with E-state index < -0.39 is 0 Å². The minimum atomic E-state index is 0.312. The van der Waals surface area contributed by atoms with Crippen molar-refractivity contribution >= 4 is 16.6 Å². The summed E-state index contributed by atoms with van der Waals surface area (Å²) < 4.78 is 0. The second kappa shape index (κ2) is 5.97. The lowest BCUT2D eigenvalue weighted by molar-refractivity contribution is 0.502. The highest BCUT2D eigenvalue weighted by molar-refractivity contribution is 5.98. The molecule has 0 unspecified atom stereocenters. The maximum Gasteiger partial charge on any atom is 0.117 e. The Balaban J connectivity index is 1.90. The largest absolute Gasteiger partial charge is 0.369 e. The Kier molecular flexibility index (Phi) is 3.67.